The molecule has 2 amide bonds. The Kier molecular flexibility index (Phi) is 6.81. The fourth-order valence-electron chi connectivity index (χ4n) is 2.51. The number of aryl methyl sites for hydroxylation is 1. The summed E-state index contributed by atoms with van der Waals surface area (Å²) in [6.07, 6.45) is 3.11. The number of pyridine rings is 1. The van der Waals surface area contributed by atoms with E-state index in [9.17, 15) is 9.59 Å². The first-order chi connectivity index (χ1) is 13.6. The van der Waals surface area contributed by atoms with Crippen molar-refractivity contribution in [3.8, 4) is 0 Å². The molecule has 6 heteroatoms. The zero-order valence-corrected chi connectivity index (χ0v) is 16.3. The fraction of sp³-hybridized carbons (Fsp3) is 0.136. The van der Waals surface area contributed by atoms with Gasteiger partial charge in [0, 0.05) is 40.8 Å². The van der Waals surface area contributed by atoms with Gasteiger partial charge in [0.1, 0.15) is 0 Å². The lowest BCUT2D eigenvalue weighted by Gasteiger charge is -2.08. The summed E-state index contributed by atoms with van der Waals surface area (Å²) in [5.74, 6) is 0.355. The Labute approximate surface area is 168 Å². The van der Waals surface area contributed by atoms with Crippen LogP contribution < -0.4 is 10.6 Å². The largest absolute Gasteiger partial charge is 0.351 e. The van der Waals surface area contributed by atoms with Gasteiger partial charge in [-0.25, -0.2) is 0 Å². The third-order valence-electron chi connectivity index (χ3n) is 3.98. The van der Waals surface area contributed by atoms with Gasteiger partial charge in [-0.05, 0) is 49.4 Å². The summed E-state index contributed by atoms with van der Waals surface area (Å²) in [6, 6.07) is 18.6. The molecule has 0 fully saturated rings. The average Bonchev–Trinajstić information content (AvgIpc) is 2.73. The first kappa shape index (κ1) is 19.6. The molecule has 2 N–H and O–H groups in total. The molecule has 0 unspecified atom stereocenters. The second-order valence-corrected chi connectivity index (χ2v) is 7.36. The van der Waals surface area contributed by atoms with Crippen LogP contribution in [0, 0.1) is 6.92 Å². The molecule has 28 heavy (non-hydrogen) atoms. The number of benzene rings is 2. The molecule has 0 saturated heterocycles. The highest BCUT2D eigenvalue weighted by atomic mass is 32.2. The first-order valence-electron chi connectivity index (χ1n) is 8.91. The molecule has 0 atom stereocenters. The first-order valence-corrected chi connectivity index (χ1v) is 9.89. The maximum absolute atomic E-state index is 12.4. The highest BCUT2D eigenvalue weighted by Gasteiger charge is 2.09. The number of thioether (sulfide) groups is 1. The van der Waals surface area contributed by atoms with Gasteiger partial charge < -0.3 is 10.6 Å². The van der Waals surface area contributed by atoms with Gasteiger partial charge in [0.2, 0.25) is 0 Å². The smallest absolute Gasteiger partial charge is 0.257 e. The summed E-state index contributed by atoms with van der Waals surface area (Å²) in [7, 11) is 0. The van der Waals surface area contributed by atoms with E-state index in [1.54, 1.807) is 54.4 Å². The number of rotatable bonds is 7. The molecule has 5 nitrogen and oxygen atoms in total. The van der Waals surface area contributed by atoms with E-state index in [4.69, 9.17) is 0 Å². The van der Waals surface area contributed by atoms with Crippen molar-refractivity contribution < 1.29 is 9.59 Å². The van der Waals surface area contributed by atoms with Crippen molar-refractivity contribution in [3.05, 3.63) is 89.7 Å². The molecule has 0 aliphatic heterocycles. The van der Waals surface area contributed by atoms with Gasteiger partial charge in [0.25, 0.3) is 11.8 Å². The van der Waals surface area contributed by atoms with Crippen LogP contribution in [0.2, 0.25) is 0 Å². The normalized spacial score (nSPS) is 10.3. The molecule has 1 heterocycles. The van der Waals surface area contributed by atoms with E-state index in [1.165, 1.54) is 16.7 Å². The Morgan fingerprint density at radius 2 is 1.75 bits per heavy atom. The number of hydrogen-bond acceptors (Lipinski definition) is 4. The van der Waals surface area contributed by atoms with Crippen molar-refractivity contribution >= 4 is 29.3 Å². The van der Waals surface area contributed by atoms with Crippen LogP contribution in [0.4, 0.5) is 5.69 Å². The Bertz CT molecular complexity index is 944. The van der Waals surface area contributed by atoms with Crippen LogP contribution in [0.5, 0.6) is 0 Å². The van der Waals surface area contributed by atoms with E-state index >= 15 is 0 Å². The molecule has 0 bridgehead atoms. The highest BCUT2D eigenvalue weighted by Crippen LogP contribution is 2.17. The zero-order chi connectivity index (χ0) is 19.8. The number of anilines is 1. The summed E-state index contributed by atoms with van der Waals surface area (Å²) in [5, 5.41) is 5.69. The second kappa shape index (κ2) is 9.71. The second-order valence-electron chi connectivity index (χ2n) is 6.19. The van der Waals surface area contributed by atoms with Gasteiger partial charge >= 0.3 is 0 Å². The number of carbonyl (C=O) groups is 2. The average molecular weight is 391 g/mol. The maximum Gasteiger partial charge on any atom is 0.257 e. The van der Waals surface area contributed by atoms with Gasteiger partial charge in [0.15, 0.2) is 0 Å². The minimum Gasteiger partial charge on any atom is -0.351 e. The van der Waals surface area contributed by atoms with Crippen LogP contribution in [0.25, 0.3) is 0 Å². The SMILES string of the molecule is Cc1ccc(SCCNC(=O)c2cccc(NC(=O)c3cccnc3)c2)cc1. The minimum atomic E-state index is -0.264. The lowest BCUT2D eigenvalue weighted by atomic mass is 10.1. The van der Waals surface area contributed by atoms with Gasteiger partial charge in [-0.2, -0.15) is 0 Å². The third kappa shape index (κ3) is 5.69. The summed E-state index contributed by atoms with van der Waals surface area (Å²) in [6.45, 7) is 2.62. The molecule has 0 saturated carbocycles. The van der Waals surface area contributed by atoms with Crippen LogP contribution in [0.15, 0.2) is 78.0 Å². The molecular weight excluding hydrogens is 370 g/mol. The third-order valence-corrected chi connectivity index (χ3v) is 5.00. The molecule has 2 aromatic carbocycles. The zero-order valence-electron chi connectivity index (χ0n) is 15.5. The van der Waals surface area contributed by atoms with Gasteiger partial charge in [-0.15, -0.1) is 11.8 Å². The van der Waals surface area contributed by atoms with E-state index in [2.05, 4.69) is 46.8 Å². The summed E-state index contributed by atoms with van der Waals surface area (Å²) in [4.78, 5) is 29.7. The number of nitrogens with one attached hydrogen (secondary N) is 2. The van der Waals surface area contributed by atoms with Crippen LogP contribution in [0.3, 0.4) is 0 Å². The van der Waals surface area contributed by atoms with E-state index in [0.29, 0.717) is 23.4 Å². The summed E-state index contributed by atoms with van der Waals surface area (Å²) in [5.41, 5.74) is 2.76. The molecular formula is C22H21N3O2S. The Morgan fingerprint density at radius 1 is 0.964 bits per heavy atom. The van der Waals surface area contributed by atoms with E-state index in [-0.39, 0.29) is 11.8 Å². The molecule has 1 aromatic heterocycles. The highest BCUT2D eigenvalue weighted by molar-refractivity contribution is 7.99. The Hall–Kier alpha value is -3.12. The predicted molar refractivity (Wildman–Crippen MR) is 113 cm³/mol. The Balaban J connectivity index is 1.50. The molecule has 142 valence electrons. The minimum absolute atomic E-state index is 0.165. The number of carbonyl (C=O) groups excluding carboxylic acids is 2. The lowest BCUT2D eigenvalue weighted by molar-refractivity contribution is 0.0954. The van der Waals surface area contributed by atoms with Crippen molar-refractivity contribution in [3.63, 3.8) is 0 Å². The molecule has 0 radical (unpaired) electrons. The van der Waals surface area contributed by atoms with Crippen molar-refractivity contribution in [2.75, 3.05) is 17.6 Å². The number of hydrogen-bond donors (Lipinski definition) is 2. The number of amides is 2. The van der Waals surface area contributed by atoms with Crippen molar-refractivity contribution in [1.29, 1.82) is 0 Å². The monoisotopic (exact) mass is 391 g/mol. The van der Waals surface area contributed by atoms with E-state index in [1.807, 2.05) is 0 Å². The lowest BCUT2D eigenvalue weighted by Crippen LogP contribution is -2.25. The van der Waals surface area contributed by atoms with Crippen LogP contribution in [-0.4, -0.2) is 29.1 Å². The Morgan fingerprint density at radius 3 is 2.50 bits per heavy atom. The van der Waals surface area contributed by atoms with Gasteiger partial charge in [-0.3, -0.25) is 14.6 Å². The van der Waals surface area contributed by atoms with Gasteiger partial charge in [0.05, 0.1) is 5.56 Å². The van der Waals surface area contributed by atoms with Crippen LogP contribution >= 0.6 is 11.8 Å². The quantitative estimate of drug-likeness (QED) is 0.469. The standard InChI is InChI=1S/C22H21N3O2S/c1-16-7-9-20(10-8-16)28-13-12-24-21(26)17-4-2-6-19(14-17)25-22(27)18-5-3-11-23-15-18/h2-11,14-15H,12-13H2,1H3,(H,24,26)(H,25,27). The van der Waals surface area contributed by atoms with Gasteiger partial charge in [-0.1, -0.05) is 23.8 Å². The maximum atomic E-state index is 12.4. The van der Waals surface area contributed by atoms with Crippen molar-refractivity contribution in [2.45, 2.75) is 11.8 Å². The predicted octanol–water partition coefficient (Wildman–Crippen LogP) is 4.16. The molecule has 0 aliphatic rings. The number of aromatic nitrogens is 1. The van der Waals surface area contributed by atoms with E-state index < -0.39 is 0 Å². The summed E-state index contributed by atoms with van der Waals surface area (Å²) >= 11 is 1.70. The molecule has 3 aromatic rings. The fourth-order valence-corrected chi connectivity index (χ4v) is 3.28. The molecule has 0 spiro atoms. The molecule has 0 aliphatic carbocycles. The topological polar surface area (TPSA) is 71.1 Å². The number of nitrogens with zero attached hydrogens (tertiary/aromatic N) is 1. The summed E-state index contributed by atoms with van der Waals surface area (Å²) < 4.78 is 0. The van der Waals surface area contributed by atoms with Crippen LogP contribution in [-0.2, 0) is 0 Å². The molecule has 3 rings (SSSR count). The van der Waals surface area contributed by atoms with Crippen LogP contribution in [0.1, 0.15) is 26.3 Å². The van der Waals surface area contributed by atoms with Crippen molar-refractivity contribution in [2.24, 2.45) is 0 Å². The van der Waals surface area contributed by atoms with E-state index in [0.717, 1.165) is 5.75 Å². The van der Waals surface area contributed by atoms with Crippen molar-refractivity contribution in [1.82, 2.24) is 10.3 Å².